The van der Waals surface area contributed by atoms with Crippen LogP contribution in [0.1, 0.15) is 35.7 Å². The molecule has 0 bridgehead atoms. The van der Waals surface area contributed by atoms with E-state index in [0.717, 1.165) is 9.87 Å². The van der Waals surface area contributed by atoms with Crippen molar-refractivity contribution in [2.45, 2.75) is 31.6 Å². The summed E-state index contributed by atoms with van der Waals surface area (Å²) in [5.41, 5.74) is 0.920. The van der Waals surface area contributed by atoms with E-state index in [1.807, 2.05) is 6.92 Å². The molecule has 0 fully saturated rings. The largest absolute Gasteiger partial charge is 0.466 e. The number of ether oxygens (including phenoxy) is 2. The van der Waals surface area contributed by atoms with Crippen LogP contribution in [0.2, 0.25) is 5.02 Å². The molecule has 162 valence electrons. The van der Waals surface area contributed by atoms with Crippen LogP contribution in [0.5, 0.6) is 0 Å². The Morgan fingerprint density at radius 1 is 1.10 bits per heavy atom. The van der Waals surface area contributed by atoms with Crippen LogP contribution >= 0.6 is 11.6 Å². The minimum atomic E-state index is -4.08. The highest BCUT2D eigenvalue weighted by atomic mass is 35.5. The Morgan fingerprint density at radius 3 is 2.37 bits per heavy atom. The van der Waals surface area contributed by atoms with E-state index in [0.29, 0.717) is 0 Å². The lowest BCUT2D eigenvalue weighted by Crippen LogP contribution is -2.34. The van der Waals surface area contributed by atoms with Crippen molar-refractivity contribution in [3.05, 3.63) is 58.6 Å². The van der Waals surface area contributed by atoms with Gasteiger partial charge in [0.05, 0.1) is 34.9 Å². The Bertz CT molecular complexity index is 1000. The molecule has 0 radical (unpaired) electrons. The molecule has 7 nitrogen and oxygen atoms in total. The zero-order chi connectivity index (χ0) is 22.3. The molecule has 0 saturated heterocycles. The first-order valence-corrected chi connectivity index (χ1v) is 11.2. The highest BCUT2D eigenvalue weighted by molar-refractivity contribution is 7.92. The van der Waals surface area contributed by atoms with Crippen molar-refractivity contribution < 1.29 is 27.5 Å². The molecule has 0 aliphatic heterocycles. The summed E-state index contributed by atoms with van der Waals surface area (Å²) in [6, 6.07) is 10.8. The van der Waals surface area contributed by atoms with Gasteiger partial charge in [-0.2, -0.15) is 0 Å². The van der Waals surface area contributed by atoms with Gasteiger partial charge in [0.1, 0.15) is 0 Å². The van der Waals surface area contributed by atoms with Crippen LogP contribution in [0.15, 0.2) is 47.4 Å². The van der Waals surface area contributed by atoms with Crippen molar-refractivity contribution in [2.24, 2.45) is 0 Å². The molecule has 0 unspecified atom stereocenters. The van der Waals surface area contributed by atoms with Gasteiger partial charge in [0.2, 0.25) is 0 Å². The van der Waals surface area contributed by atoms with Crippen LogP contribution in [0, 0.1) is 6.92 Å². The molecule has 2 rings (SSSR count). The lowest BCUT2D eigenvalue weighted by atomic mass is 10.1. The van der Waals surface area contributed by atoms with Crippen LogP contribution in [0.4, 0.5) is 5.69 Å². The smallest absolute Gasteiger partial charge is 0.340 e. The first-order valence-electron chi connectivity index (χ1n) is 9.34. The van der Waals surface area contributed by atoms with E-state index in [2.05, 4.69) is 0 Å². The molecule has 0 aliphatic carbocycles. The number of sulfonamides is 1. The van der Waals surface area contributed by atoms with Crippen molar-refractivity contribution >= 4 is 39.3 Å². The topological polar surface area (TPSA) is 90.0 Å². The molecule has 0 saturated carbocycles. The first kappa shape index (κ1) is 23.7. The Labute approximate surface area is 181 Å². The third-order valence-corrected chi connectivity index (χ3v) is 6.42. The van der Waals surface area contributed by atoms with Gasteiger partial charge in [-0.25, -0.2) is 13.2 Å². The summed E-state index contributed by atoms with van der Waals surface area (Å²) in [6.07, 6.45) is 0.196. The predicted octanol–water partition coefficient (Wildman–Crippen LogP) is 3.97. The zero-order valence-electron chi connectivity index (χ0n) is 17.1. The number of esters is 2. The van der Waals surface area contributed by atoms with Gasteiger partial charge in [-0.05, 0) is 44.5 Å². The number of halogens is 1. The second-order valence-electron chi connectivity index (χ2n) is 6.43. The van der Waals surface area contributed by atoms with Crippen LogP contribution < -0.4 is 4.31 Å². The summed E-state index contributed by atoms with van der Waals surface area (Å²) in [7, 11) is -2.88. The molecule has 2 aromatic carbocycles. The summed E-state index contributed by atoms with van der Waals surface area (Å²) in [5, 5.41) is 0.0738. The van der Waals surface area contributed by atoms with Crippen molar-refractivity contribution in [1.82, 2.24) is 0 Å². The SMILES string of the molecule is CCOC(=O)CCCN(c1c(Cl)cccc1C(=O)OC)S(=O)(=O)c1ccc(C)cc1. The van der Waals surface area contributed by atoms with Crippen LogP contribution in [-0.2, 0) is 24.3 Å². The first-order chi connectivity index (χ1) is 14.2. The number of nitrogens with zero attached hydrogens (tertiary/aromatic N) is 1. The summed E-state index contributed by atoms with van der Waals surface area (Å²) in [4.78, 5) is 24.0. The van der Waals surface area contributed by atoms with Gasteiger partial charge in [-0.3, -0.25) is 9.10 Å². The second kappa shape index (κ2) is 10.4. The van der Waals surface area contributed by atoms with Crippen molar-refractivity contribution in [2.75, 3.05) is 24.6 Å². The fourth-order valence-corrected chi connectivity index (χ4v) is 4.70. The maximum absolute atomic E-state index is 13.5. The minimum Gasteiger partial charge on any atom is -0.466 e. The van der Waals surface area contributed by atoms with E-state index in [9.17, 15) is 18.0 Å². The summed E-state index contributed by atoms with van der Waals surface area (Å²) >= 11 is 6.33. The maximum atomic E-state index is 13.5. The average Bonchev–Trinajstić information content (AvgIpc) is 2.71. The predicted molar refractivity (Wildman–Crippen MR) is 114 cm³/mol. The minimum absolute atomic E-state index is 0.00968. The van der Waals surface area contributed by atoms with E-state index in [1.54, 1.807) is 19.1 Å². The number of aryl methyl sites for hydroxylation is 1. The lowest BCUT2D eigenvalue weighted by molar-refractivity contribution is -0.143. The van der Waals surface area contributed by atoms with Gasteiger partial charge in [0.25, 0.3) is 10.0 Å². The number of carbonyl (C=O) groups excluding carboxylic acids is 2. The number of hydrogen-bond acceptors (Lipinski definition) is 6. The maximum Gasteiger partial charge on any atom is 0.340 e. The standard InChI is InChI=1S/C21H24ClNO6S/c1-4-29-19(24)9-6-14-23(30(26,27)16-12-10-15(2)11-13-16)20-17(21(25)28-3)7-5-8-18(20)22/h5,7-8,10-13H,4,6,9,14H2,1-3H3. The highest BCUT2D eigenvalue weighted by Gasteiger charge is 2.30. The van der Waals surface area contributed by atoms with Gasteiger partial charge < -0.3 is 9.47 Å². The monoisotopic (exact) mass is 453 g/mol. The molecule has 0 amide bonds. The van der Waals surface area contributed by atoms with E-state index < -0.39 is 22.0 Å². The van der Waals surface area contributed by atoms with Gasteiger partial charge in [0, 0.05) is 13.0 Å². The molecular weight excluding hydrogens is 430 g/mol. The Morgan fingerprint density at radius 2 is 1.77 bits per heavy atom. The van der Waals surface area contributed by atoms with E-state index in [1.165, 1.54) is 37.4 Å². The molecule has 0 heterocycles. The van der Waals surface area contributed by atoms with Gasteiger partial charge >= 0.3 is 11.9 Å². The molecule has 2 aromatic rings. The molecular formula is C21H24ClNO6S. The Kier molecular flexibility index (Phi) is 8.25. The molecule has 0 aliphatic rings. The van der Waals surface area contributed by atoms with E-state index >= 15 is 0 Å². The zero-order valence-corrected chi connectivity index (χ0v) is 18.6. The fraction of sp³-hybridized carbons (Fsp3) is 0.333. The van der Waals surface area contributed by atoms with Crippen LogP contribution in [0.3, 0.4) is 0 Å². The summed E-state index contributed by atoms with van der Waals surface area (Å²) in [6.45, 7) is 3.69. The van der Waals surface area contributed by atoms with Gasteiger partial charge in [-0.1, -0.05) is 35.4 Å². The van der Waals surface area contributed by atoms with Crippen molar-refractivity contribution in [3.8, 4) is 0 Å². The number of hydrogen-bond donors (Lipinski definition) is 0. The Balaban J connectivity index is 2.53. The number of carbonyl (C=O) groups is 2. The molecule has 0 N–H and O–H groups in total. The third-order valence-electron chi connectivity index (χ3n) is 4.30. The molecule has 0 atom stereocenters. The summed E-state index contributed by atoms with van der Waals surface area (Å²) < 4.78 is 37.7. The number of para-hydroxylation sites is 1. The van der Waals surface area contributed by atoms with E-state index in [4.69, 9.17) is 21.1 Å². The number of anilines is 1. The Hall–Kier alpha value is -2.58. The third kappa shape index (κ3) is 5.52. The van der Waals surface area contributed by atoms with Crippen molar-refractivity contribution in [3.63, 3.8) is 0 Å². The van der Waals surface area contributed by atoms with Crippen LogP contribution in [-0.4, -0.2) is 40.6 Å². The number of methoxy groups -OCH3 is 1. The van der Waals surface area contributed by atoms with Gasteiger partial charge in [-0.15, -0.1) is 0 Å². The van der Waals surface area contributed by atoms with Crippen LogP contribution in [0.25, 0.3) is 0 Å². The highest BCUT2D eigenvalue weighted by Crippen LogP contribution is 2.35. The van der Waals surface area contributed by atoms with E-state index in [-0.39, 0.29) is 47.2 Å². The number of benzene rings is 2. The quantitative estimate of drug-likeness (QED) is 0.533. The molecule has 30 heavy (non-hydrogen) atoms. The second-order valence-corrected chi connectivity index (χ2v) is 8.70. The molecule has 9 heteroatoms. The lowest BCUT2D eigenvalue weighted by Gasteiger charge is -2.27. The average molecular weight is 454 g/mol. The number of rotatable bonds is 9. The molecule has 0 spiro atoms. The summed E-state index contributed by atoms with van der Waals surface area (Å²) in [5.74, 6) is -1.15. The molecule has 0 aromatic heterocycles. The normalized spacial score (nSPS) is 11.1. The van der Waals surface area contributed by atoms with Gasteiger partial charge in [0.15, 0.2) is 0 Å². The van der Waals surface area contributed by atoms with Crippen molar-refractivity contribution in [1.29, 1.82) is 0 Å². The fourth-order valence-electron chi connectivity index (χ4n) is 2.83.